The number of benzene rings is 1. The normalized spacial score (nSPS) is 25.8. The highest BCUT2D eigenvalue weighted by Gasteiger charge is 2.43. The van der Waals surface area contributed by atoms with Crippen LogP contribution in [0.15, 0.2) is 18.2 Å². The van der Waals surface area contributed by atoms with Gasteiger partial charge in [0.2, 0.25) is 0 Å². The van der Waals surface area contributed by atoms with Crippen LogP contribution in [0.5, 0.6) is 0 Å². The molecular formula is C15H17FN2O2. The molecule has 0 heterocycles. The minimum atomic E-state index is -0.890. The first kappa shape index (κ1) is 14.3. The van der Waals surface area contributed by atoms with Crippen molar-refractivity contribution in [1.29, 1.82) is 5.26 Å². The third-order valence-corrected chi connectivity index (χ3v) is 4.12. The van der Waals surface area contributed by atoms with Gasteiger partial charge in [0.15, 0.2) is 0 Å². The standard InChI is InChI=1S/C15H17FN2O2/c1-15(14(19)20)7-3-2-4-13(15)18-12-6-5-10(9-17)8-11(12)16/h5-6,8,13,18H,2-4,7H2,1H3,(H,19,20). The Morgan fingerprint density at radius 1 is 1.55 bits per heavy atom. The maximum absolute atomic E-state index is 13.9. The number of nitriles is 1. The molecule has 2 N–H and O–H groups in total. The van der Waals surface area contributed by atoms with Crippen molar-refractivity contribution >= 4 is 11.7 Å². The van der Waals surface area contributed by atoms with E-state index >= 15 is 0 Å². The molecule has 1 saturated carbocycles. The van der Waals surface area contributed by atoms with Crippen molar-refractivity contribution in [1.82, 2.24) is 0 Å². The van der Waals surface area contributed by atoms with Crippen molar-refractivity contribution in [3.05, 3.63) is 29.6 Å². The number of carbonyl (C=O) groups is 1. The van der Waals surface area contributed by atoms with Crippen molar-refractivity contribution in [2.24, 2.45) is 5.41 Å². The monoisotopic (exact) mass is 276 g/mol. The molecule has 5 heteroatoms. The van der Waals surface area contributed by atoms with E-state index < -0.39 is 17.2 Å². The Kier molecular flexibility index (Phi) is 3.93. The number of halogens is 1. The van der Waals surface area contributed by atoms with Gasteiger partial charge in [0.1, 0.15) is 5.82 Å². The van der Waals surface area contributed by atoms with Gasteiger partial charge in [-0.25, -0.2) is 4.39 Å². The highest BCUT2D eigenvalue weighted by atomic mass is 19.1. The number of nitrogens with one attached hydrogen (secondary N) is 1. The van der Waals surface area contributed by atoms with Crippen LogP contribution in [-0.2, 0) is 4.79 Å². The van der Waals surface area contributed by atoms with Crippen LogP contribution in [0.25, 0.3) is 0 Å². The van der Waals surface area contributed by atoms with Crippen molar-refractivity contribution in [2.75, 3.05) is 5.32 Å². The fraction of sp³-hybridized carbons (Fsp3) is 0.467. The van der Waals surface area contributed by atoms with E-state index in [1.54, 1.807) is 6.92 Å². The van der Waals surface area contributed by atoms with Crippen LogP contribution in [0, 0.1) is 22.6 Å². The van der Waals surface area contributed by atoms with Gasteiger partial charge in [0.05, 0.1) is 22.7 Å². The quantitative estimate of drug-likeness (QED) is 0.889. The Balaban J connectivity index is 2.24. The van der Waals surface area contributed by atoms with Gasteiger partial charge in [-0.1, -0.05) is 12.8 Å². The summed E-state index contributed by atoms with van der Waals surface area (Å²) in [5.74, 6) is -1.38. The van der Waals surface area contributed by atoms with Gasteiger partial charge < -0.3 is 10.4 Å². The van der Waals surface area contributed by atoms with Gasteiger partial charge >= 0.3 is 5.97 Å². The average molecular weight is 276 g/mol. The zero-order valence-electron chi connectivity index (χ0n) is 11.3. The van der Waals surface area contributed by atoms with Crippen LogP contribution in [0.4, 0.5) is 10.1 Å². The van der Waals surface area contributed by atoms with Gasteiger partial charge in [0.25, 0.3) is 0 Å². The summed E-state index contributed by atoms with van der Waals surface area (Å²) in [6.07, 6.45) is 3.08. The van der Waals surface area contributed by atoms with E-state index in [0.717, 1.165) is 18.9 Å². The molecule has 0 radical (unpaired) electrons. The first-order valence-electron chi connectivity index (χ1n) is 6.67. The average Bonchev–Trinajstić information content (AvgIpc) is 2.43. The number of carboxylic acids is 1. The van der Waals surface area contributed by atoms with Crippen molar-refractivity contribution in [2.45, 2.75) is 38.6 Å². The van der Waals surface area contributed by atoms with Crippen molar-refractivity contribution < 1.29 is 14.3 Å². The minimum Gasteiger partial charge on any atom is -0.481 e. The van der Waals surface area contributed by atoms with E-state index in [-0.39, 0.29) is 17.3 Å². The predicted molar refractivity (Wildman–Crippen MR) is 72.7 cm³/mol. The maximum atomic E-state index is 13.9. The minimum absolute atomic E-state index is 0.248. The van der Waals surface area contributed by atoms with E-state index in [1.165, 1.54) is 12.1 Å². The molecule has 1 aromatic rings. The molecule has 0 amide bonds. The van der Waals surface area contributed by atoms with Crippen LogP contribution >= 0.6 is 0 Å². The van der Waals surface area contributed by atoms with E-state index in [2.05, 4.69) is 5.32 Å². The van der Waals surface area contributed by atoms with Crippen molar-refractivity contribution in [3.8, 4) is 6.07 Å². The molecule has 0 saturated heterocycles. The lowest BCUT2D eigenvalue weighted by molar-refractivity contribution is -0.150. The van der Waals surface area contributed by atoms with Gasteiger partial charge in [-0.2, -0.15) is 5.26 Å². The molecule has 0 bridgehead atoms. The number of rotatable bonds is 3. The molecule has 0 spiro atoms. The molecule has 1 fully saturated rings. The zero-order chi connectivity index (χ0) is 14.8. The molecule has 0 aliphatic heterocycles. The Bertz CT molecular complexity index is 567. The Labute approximate surface area is 117 Å². The highest BCUT2D eigenvalue weighted by molar-refractivity contribution is 5.76. The van der Waals surface area contributed by atoms with Crippen LogP contribution < -0.4 is 5.32 Å². The number of carboxylic acid groups (broad SMARTS) is 1. The van der Waals surface area contributed by atoms with Crippen LogP contribution in [0.1, 0.15) is 38.2 Å². The molecule has 20 heavy (non-hydrogen) atoms. The summed E-state index contributed by atoms with van der Waals surface area (Å²) in [6.45, 7) is 1.70. The summed E-state index contributed by atoms with van der Waals surface area (Å²) < 4.78 is 13.9. The lowest BCUT2D eigenvalue weighted by atomic mass is 9.71. The second-order valence-electron chi connectivity index (χ2n) is 5.47. The summed E-state index contributed by atoms with van der Waals surface area (Å²) in [4.78, 5) is 11.5. The van der Waals surface area contributed by atoms with Crippen molar-refractivity contribution in [3.63, 3.8) is 0 Å². The number of anilines is 1. The van der Waals surface area contributed by atoms with E-state index in [0.29, 0.717) is 12.8 Å². The highest BCUT2D eigenvalue weighted by Crippen LogP contribution is 2.38. The molecule has 1 aromatic carbocycles. The zero-order valence-corrected chi connectivity index (χ0v) is 11.3. The number of aliphatic carboxylic acids is 1. The number of hydrogen-bond donors (Lipinski definition) is 2. The SMILES string of the molecule is CC1(C(=O)O)CCCCC1Nc1ccc(C#N)cc1F. The summed E-state index contributed by atoms with van der Waals surface area (Å²) in [6, 6.07) is 5.73. The van der Waals surface area contributed by atoms with Gasteiger partial charge in [-0.15, -0.1) is 0 Å². The third-order valence-electron chi connectivity index (χ3n) is 4.12. The molecule has 2 atom stereocenters. The first-order chi connectivity index (χ1) is 9.47. The molecule has 1 aliphatic carbocycles. The van der Waals surface area contributed by atoms with Gasteiger partial charge in [-0.05, 0) is 38.0 Å². The number of hydrogen-bond acceptors (Lipinski definition) is 3. The second-order valence-corrected chi connectivity index (χ2v) is 5.47. The lowest BCUT2D eigenvalue weighted by Gasteiger charge is -2.39. The topological polar surface area (TPSA) is 73.1 Å². The summed E-state index contributed by atoms with van der Waals surface area (Å²) in [7, 11) is 0. The van der Waals surface area contributed by atoms with Gasteiger partial charge in [-0.3, -0.25) is 4.79 Å². The Hall–Kier alpha value is -2.09. The Morgan fingerprint density at radius 3 is 2.90 bits per heavy atom. The Morgan fingerprint density at radius 2 is 2.30 bits per heavy atom. The molecular weight excluding hydrogens is 259 g/mol. The van der Waals surface area contributed by atoms with Crippen LogP contribution in [0.3, 0.4) is 0 Å². The fourth-order valence-electron chi connectivity index (χ4n) is 2.71. The second kappa shape index (κ2) is 5.49. The van der Waals surface area contributed by atoms with Gasteiger partial charge in [0, 0.05) is 6.04 Å². The largest absolute Gasteiger partial charge is 0.481 e. The lowest BCUT2D eigenvalue weighted by Crippen LogP contribution is -2.46. The summed E-state index contributed by atoms with van der Waals surface area (Å²) in [5.41, 5.74) is -0.389. The smallest absolute Gasteiger partial charge is 0.311 e. The summed E-state index contributed by atoms with van der Waals surface area (Å²) in [5, 5.41) is 21.1. The van der Waals surface area contributed by atoms with E-state index in [1.807, 2.05) is 6.07 Å². The van der Waals surface area contributed by atoms with E-state index in [4.69, 9.17) is 5.26 Å². The molecule has 0 aromatic heterocycles. The maximum Gasteiger partial charge on any atom is 0.311 e. The first-order valence-corrected chi connectivity index (χ1v) is 6.67. The molecule has 2 rings (SSSR count). The predicted octanol–water partition coefficient (Wildman–Crippen LogP) is 3.14. The fourth-order valence-corrected chi connectivity index (χ4v) is 2.71. The summed E-state index contributed by atoms with van der Waals surface area (Å²) >= 11 is 0. The number of nitrogens with zero attached hydrogens (tertiary/aromatic N) is 1. The molecule has 106 valence electrons. The van der Waals surface area contributed by atoms with Crippen LogP contribution in [-0.4, -0.2) is 17.1 Å². The molecule has 1 aliphatic rings. The molecule has 4 nitrogen and oxygen atoms in total. The third kappa shape index (κ3) is 2.60. The van der Waals surface area contributed by atoms with Crippen LogP contribution in [0.2, 0.25) is 0 Å². The molecule has 2 unspecified atom stereocenters. The van der Waals surface area contributed by atoms with E-state index in [9.17, 15) is 14.3 Å².